The van der Waals surface area contributed by atoms with E-state index in [2.05, 4.69) is 17.2 Å². The number of furan rings is 1. The summed E-state index contributed by atoms with van der Waals surface area (Å²) in [6, 6.07) is 1.84. The molecule has 18 heavy (non-hydrogen) atoms. The smallest absolute Gasteiger partial charge is 0.301 e. The van der Waals surface area contributed by atoms with Crippen molar-refractivity contribution in [2.75, 3.05) is 13.1 Å². The Morgan fingerprint density at radius 3 is 2.94 bits per heavy atom. The number of carbonyl (C=O) groups excluding carboxylic acids is 1. The van der Waals surface area contributed by atoms with E-state index in [1.165, 1.54) is 25.5 Å². The lowest BCUT2D eigenvalue weighted by atomic mass is 9.85. The molecule has 5 heteroatoms. The van der Waals surface area contributed by atoms with Gasteiger partial charge in [-0.3, -0.25) is 15.1 Å². The Morgan fingerprint density at radius 1 is 1.61 bits per heavy atom. The van der Waals surface area contributed by atoms with Crippen molar-refractivity contribution >= 4 is 5.91 Å². The molecule has 1 aliphatic carbocycles. The number of hydrazine groups is 1. The maximum Gasteiger partial charge on any atom is 0.301 e. The first-order chi connectivity index (χ1) is 8.74. The second kappa shape index (κ2) is 6.02. The van der Waals surface area contributed by atoms with Crippen molar-refractivity contribution < 1.29 is 9.21 Å². The van der Waals surface area contributed by atoms with Crippen molar-refractivity contribution in [3.63, 3.8) is 0 Å². The number of nitrogens with zero attached hydrogens (tertiary/aromatic N) is 1. The average molecular weight is 251 g/mol. The summed E-state index contributed by atoms with van der Waals surface area (Å²) >= 11 is 0. The standard InChI is InChI=1S/C13H21N3O2/c1-2-16(8-10-4-3-5-10)9-11-6-7-18-12(11)13(17)15-14/h6-7,10H,2-5,8-9,14H2,1H3,(H,15,17). The number of nitrogens with two attached hydrogens (primary N) is 1. The summed E-state index contributed by atoms with van der Waals surface area (Å²) in [7, 11) is 0. The van der Waals surface area contributed by atoms with Crippen LogP contribution in [0.2, 0.25) is 0 Å². The minimum absolute atomic E-state index is 0.324. The van der Waals surface area contributed by atoms with E-state index in [1.54, 1.807) is 0 Å². The number of nitrogen functional groups attached to an aromatic ring is 1. The van der Waals surface area contributed by atoms with Gasteiger partial charge in [0.15, 0.2) is 5.76 Å². The highest BCUT2D eigenvalue weighted by Gasteiger charge is 2.22. The fraction of sp³-hybridized carbons (Fsp3) is 0.615. The van der Waals surface area contributed by atoms with Crippen LogP contribution < -0.4 is 11.3 Å². The monoisotopic (exact) mass is 251 g/mol. The molecular formula is C13H21N3O2. The third kappa shape index (κ3) is 2.91. The van der Waals surface area contributed by atoms with Crippen LogP contribution in [0.3, 0.4) is 0 Å². The van der Waals surface area contributed by atoms with Gasteiger partial charge in [-0.1, -0.05) is 13.3 Å². The molecule has 0 atom stereocenters. The fourth-order valence-corrected chi connectivity index (χ4v) is 2.31. The number of nitrogens with one attached hydrogen (secondary N) is 1. The van der Waals surface area contributed by atoms with Gasteiger partial charge in [-0.15, -0.1) is 0 Å². The Labute approximate surface area is 107 Å². The van der Waals surface area contributed by atoms with Crippen LogP contribution in [0.25, 0.3) is 0 Å². The van der Waals surface area contributed by atoms with Gasteiger partial charge >= 0.3 is 5.91 Å². The van der Waals surface area contributed by atoms with Gasteiger partial charge in [-0.2, -0.15) is 0 Å². The summed E-state index contributed by atoms with van der Waals surface area (Å²) in [5.41, 5.74) is 3.01. The van der Waals surface area contributed by atoms with Crippen molar-refractivity contribution in [1.82, 2.24) is 10.3 Å². The van der Waals surface area contributed by atoms with E-state index in [-0.39, 0.29) is 5.91 Å². The van der Waals surface area contributed by atoms with Gasteiger partial charge in [0.05, 0.1) is 6.26 Å². The molecule has 2 rings (SSSR count). The second-order valence-corrected chi connectivity index (χ2v) is 4.87. The van der Waals surface area contributed by atoms with Gasteiger partial charge in [-0.05, 0) is 31.4 Å². The Balaban J connectivity index is 1.97. The van der Waals surface area contributed by atoms with Gasteiger partial charge in [-0.25, -0.2) is 5.84 Å². The largest absolute Gasteiger partial charge is 0.459 e. The van der Waals surface area contributed by atoms with Crippen molar-refractivity contribution in [3.8, 4) is 0 Å². The molecule has 0 spiro atoms. The first-order valence-corrected chi connectivity index (χ1v) is 6.54. The molecule has 0 radical (unpaired) electrons. The molecule has 3 N–H and O–H groups in total. The van der Waals surface area contributed by atoms with Crippen LogP contribution >= 0.6 is 0 Å². The summed E-state index contributed by atoms with van der Waals surface area (Å²) in [6.07, 6.45) is 5.56. The van der Waals surface area contributed by atoms with Crippen LogP contribution in [0.5, 0.6) is 0 Å². The molecule has 1 heterocycles. The average Bonchev–Trinajstić information content (AvgIpc) is 2.79. The topological polar surface area (TPSA) is 71.5 Å². The zero-order valence-corrected chi connectivity index (χ0v) is 10.8. The molecule has 100 valence electrons. The lowest BCUT2D eigenvalue weighted by molar-refractivity contribution is 0.0922. The molecule has 1 aromatic heterocycles. The first kappa shape index (κ1) is 13.1. The SMILES string of the molecule is CCN(Cc1ccoc1C(=O)NN)CC1CCC1. The molecule has 0 saturated heterocycles. The molecular weight excluding hydrogens is 230 g/mol. The van der Waals surface area contributed by atoms with E-state index < -0.39 is 0 Å². The van der Waals surface area contributed by atoms with Crippen molar-refractivity contribution in [2.24, 2.45) is 11.8 Å². The minimum atomic E-state index is -0.366. The van der Waals surface area contributed by atoms with Crippen molar-refractivity contribution in [3.05, 3.63) is 23.7 Å². The molecule has 1 aliphatic rings. The number of carbonyl (C=O) groups is 1. The molecule has 0 aliphatic heterocycles. The molecule has 0 unspecified atom stereocenters. The minimum Gasteiger partial charge on any atom is -0.459 e. The lowest BCUT2D eigenvalue weighted by Crippen LogP contribution is -2.34. The normalized spacial score (nSPS) is 15.7. The molecule has 0 aromatic carbocycles. The van der Waals surface area contributed by atoms with Crippen LogP contribution in [-0.4, -0.2) is 23.9 Å². The highest BCUT2D eigenvalue weighted by molar-refractivity contribution is 5.92. The molecule has 1 aromatic rings. The van der Waals surface area contributed by atoms with E-state index in [0.29, 0.717) is 5.76 Å². The maximum absolute atomic E-state index is 11.5. The molecule has 5 nitrogen and oxygen atoms in total. The highest BCUT2D eigenvalue weighted by atomic mass is 16.3. The lowest BCUT2D eigenvalue weighted by Gasteiger charge is -2.31. The van der Waals surface area contributed by atoms with Crippen LogP contribution in [0, 0.1) is 5.92 Å². The maximum atomic E-state index is 11.5. The van der Waals surface area contributed by atoms with Crippen LogP contribution in [0.1, 0.15) is 42.3 Å². The predicted octanol–water partition coefficient (Wildman–Crippen LogP) is 1.51. The van der Waals surface area contributed by atoms with Crippen LogP contribution in [0.15, 0.2) is 16.7 Å². The number of amides is 1. The third-order valence-corrected chi connectivity index (χ3v) is 3.67. The van der Waals surface area contributed by atoms with Gasteiger partial charge in [0, 0.05) is 18.7 Å². The number of hydrogen-bond acceptors (Lipinski definition) is 4. The van der Waals surface area contributed by atoms with Gasteiger partial charge < -0.3 is 4.42 Å². The molecule has 0 bridgehead atoms. The second-order valence-electron chi connectivity index (χ2n) is 4.87. The summed E-state index contributed by atoms with van der Waals surface area (Å²) < 4.78 is 5.19. The molecule has 1 saturated carbocycles. The zero-order chi connectivity index (χ0) is 13.0. The quantitative estimate of drug-likeness (QED) is 0.456. The fourth-order valence-electron chi connectivity index (χ4n) is 2.31. The molecule has 1 fully saturated rings. The van der Waals surface area contributed by atoms with E-state index >= 15 is 0 Å². The van der Waals surface area contributed by atoms with E-state index in [4.69, 9.17) is 10.3 Å². The summed E-state index contributed by atoms with van der Waals surface area (Å²) in [5, 5.41) is 0. The van der Waals surface area contributed by atoms with Crippen molar-refractivity contribution in [1.29, 1.82) is 0 Å². The predicted molar refractivity (Wildman–Crippen MR) is 68.7 cm³/mol. The first-order valence-electron chi connectivity index (χ1n) is 6.54. The third-order valence-electron chi connectivity index (χ3n) is 3.67. The van der Waals surface area contributed by atoms with Gasteiger partial charge in [0.2, 0.25) is 0 Å². The zero-order valence-electron chi connectivity index (χ0n) is 10.8. The van der Waals surface area contributed by atoms with E-state index in [9.17, 15) is 4.79 Å². The number of rotatable bonds is 6. The number of hydrogen-bond donors (Lipinski definition) is 2. The van der Waals surface area contributed by atoms with E-state index in [1.807, 2.05) is 6.07 Å². The van der Waals surface area contributed by atoms with E-state index in [0.717, 1.165) is 31.1 Å². The van der Waals surface area contributed by atoms with Crippen LogP contribution in [-0.2, 0) is 6.54 Å². The van der Waals surface area contributed by atoms with Gasteiger partial charge in [0.25, 0.3) is 0 Å². The van der Waals surface area contributed by atoms with Crippen molar-refractivity contribution in [2.45, 2.75) is 32.7 Å². The summed E-state index contributed by atoms with van der Waals surface area (Å²) in [4.78, 5) is 13.9. The van der Waals surface area contributed by atoms with Gasteiger partial charge in [0.1, 0.15) is 0 Å². The highest BCUT2D eigenvalue weighted by Crippen LogP contribution is 2.27. The summed E-state index contributed by atoms with van der Waals surface area (Å²) in [6.45, 7) is 4.96. The molecule has 1 amide bonds. The Hall–Kier alpha value is -1.33. The Morgan fingerprint density at radius 2 is 2.39 bits per heavy atom. The Bertz CT molecular complexity index is 399. The summed E-state index contributed by atoms with van der Waals surface area (Å²) in [5.74, 6) is 5.91. The Kier molecular flexibility index (Phi) is 4.38. The van der Waals surface area contributed by atoms with Crippen LogP contribution in [0.4, 0.5) is 0 Å².